The number of hydrogen-bond acceptors (Lipinski definition) is 4. The first kappa shape index (κ1) is 13.5. The topological polar surface area (TPSA) is 45.4 Å². The van der Waals surface area contributed by atoms with Crippen LogP contribution < -0.4 is 5.73 Å². The van der Waals surface area contributed by atoms with Crippen LogP contribution in [0, 0.1) is 0 Å². The van der Waals surface area contributed by atoms with Gasteiger partial charge in [0.25, 0.3) is 0 Å². The maximum Gasteiger partial charge on any atom is 0.0544 e. The zero-order valence-electron chi connectivity index (χ0n) is 11.5. The van der Waals surface area contributed by atoms with Crippen molar-refractivity contribution >= 4 is 0 Å². The Hall–Kier alpha value is -0.970. The molecule has 4 heteroatoms. The number of rotatable bonds is 5. The molecule has 1 aliphatic rings. The van der Waals surface area contributed by atoms with E-state index < -0.39 is 0 Å². The molecule has 1 saturated heterocycles. The molecule has 0 aliphatic carbocycles. The fourth-order valence-corrected chi connectivity index (χ4v) is 2.61. The molecule has 100 valence electrons. The van der Waals surface area contributed by atoms with Crippen LogP contribution >= 0.6 is 0 Å². The average molecular weight is 248 g/mol. The van der Waals surface area contributed by atoms with Crippen molar-refractivity contribution in [2.24, 2.45) is 5.73 Å². The van der Waals surface area contributed by atoms with E-state index in [0.717, 1.165) is 24.3 Å². The van der Waals surface area contributed by atoms with Crippen LogP contribution in [-0.4, -0.2) is 48.0 Å². The minimum atomic E-state index is 0.570. The van der Waals surface area contributed by atoms with Gasteiger partial charge in [-0.05, 0) is 45.1 Å². The maximum atomic E-state index is 5.58. The lowest BCUT2D eigenvalue weighted by Gasteiger charge is -2.26. The van der Waals surface area contributed by atoms with E-state index in [1.54, 1.807) is 0 Å². The molecule has 18 heavy (non-hydrogen) atoms. The zero-order chi connectivity index (χ0) is 13.0. The first-order valence-electron chi connectivity index (χ1n) is 6.71. The second kappa shape index (κ2) is 6.27. The van der Waals surface area contributed by atoms with Crippen LogP contribution in [0.2, 0.25) is 0 Å². The molecule has 1 atom stereocenters. The summed E-state index contributed by atoms with van der Waals surface area (Å²) in [5.74, 6) is 0. The van der Waals surface area contributed by atoms with Gasteiger partial charge in [0, 0.05) is 31.9 Å². The van der Waals surface area contributed by atoms with Crippen molar-refractivity contribution in [1.82, 2.24) is 14.8 Å². The summed E-state index contributed by atoms with van der Waals surface area (Å²) in [4.78, 5) is 9.31. The molecule has 0 saturated carbocycles. The third-order valence-electron chi connectivity index (χ3n) is 3.56. The van der Waals surface area contributed by atoms with Crippen molar-refractivity contribution in [2.45, 2.75) is 32.0 Å². The molecule has 1 aromatic rings. The molecule has 2 N–H and O–H groups in total. The molecule has 1 fully saturated rings. The highest BCUT2D eigenvalue weighted by atomic mass is 15.2. The molecule has 1 aliphatic heterocycles. The van der Waals surface area contributed by atoms with Crippen LogP contribution in [0.4, 0.5) is 0 Å². The predicted molar refractivity (Wildman–Crippen MR) is 74.1 cm³/mol. The van der Waals surface area contributed by atoms with Gasteiger partial charge in [-0.2, -0.15) is 0 Å². The molecular formula is C14H24N4. The van der Waals surface area contributed by atoms with Crippen LogP contribution in [0.25, 0.3) is 0 Å². The van der Waals surface area contributed by atoms with Gasteiger partial charge in [0.1, 0.15) is 0 Å². The predicted octanol–water partition coefficient (Wildman–Crippen LogP) is 1.07. The van der Waals surface area contributed by atoms with Crippen LogP contribution in [-0.2, 0) is 13.1 Å². The molecule has 1 aromatic heterocycles. The average Bonchev–Trinajstić information content (AvgIpc) is 2.77. The van der Waals surface area contributed by atoms with Crippen molar-refractivity contribution in [1.29, 1.82) is 0 Å². The van der Waals surface area contributed by atoms with Crippen LogP contribution in [0.1, 0.15) is 24.1 Å². The molecule has 1 unspecified atom stereocenters. The summed E-state index contributed by atoms with van der Waals surface area (Å²) in [5.41, 5.74) is 7.84. The van der Waals surface area contributed by atoms with Crippen molar-refractivity contribution in [2.75, 3.05) is 27.2 Å². The van der Waals surface area contributed by atoms with E-state index in [4.69, 9.17) is 5.73 Å². The largest absolute Gasteiger partial charge is 0.326 e. The SMILES string of the molecule is CN(C)CC1CCCN1Cc1ccc(CN)cn1. The zero-order valence-corrected chi connectivity index (χ0v) is 11.5. The fraction of sp³-hybridized carbons (Fsp3) is 0.643. The lowest BCUT2D eigenvalue weighted by atomic mass is 10.2. The van der Waals surface area contributed by atoms with Gasteiger partial charge >= 0.3 is 0 Å². The van der Waals surface area contributed by atoms with Gasteiger partial charge in [-0.3, -0.25) is 9.88 Å². The number of likely N-dealkylation sites (tertiary alicyclic amines) is 1. The Morgan fingerprint density at radius 3 is 2.89 bits per heavy atom. The molecule has 0 radical (unpaired) electrons. The highest BCUT2D eigenvalue weighted by Crippen LogP contribution is 2.19. The maximum absolute atomic E-state index is 5.58. The summed E-state index contributed by atoms with van der Waals surface area (Å²) in [6.45, 7) is 3.86. The Kier molecular flexibility index (Phi) is 4.69. The van der Waals surface area contributed by atoms with Crippen LogP contribution in [0.5, 0.6) is 0 Å². The Balaban J connectivity index is 1.94. The Labute approximate surface area is 110 Å². The summed E-state index contributed by atoms with van der Waals surface area (Å²) in [6, 6.07) is 4.86. The Morgan fingerprint density at radius 2 is 2.28 bits per heavy atom. The summed E-state index contributed by atoms with van der Waals surface area (Å²) in [5, 5.41) is 0. The molecule has 0 aromatic carbocycles. The second-order valence-corrected chi connectivity index (χ2v) is 5.39. The first-order valence-corrected chi connectivity index (χ1v) is 6.71. The van der Waals surface area contributed by atoms with Gasteiger partial charge in [0.2, 0.25) is 0 Å². The van der Waals surface area contributed by atoms with Gasteiger partial charge in [-0.25, -0.2) is 0 Å². The molecule has 0 bridgehead atoms. The van der Waals surface area contributed by atoms with Crippen molar-refractivity contribution in [3.05, 3.63) is 29.6 Å². The third kappa shape index (κ3) is 3.51. The number of nitrogens with zero attached hydrogens (tertiary/aromatic N) is 3. The van der Waals surface area contributed by atoms with Gasteiger partial charge < -0.3 is 10.6 Å². The normalized spacial score (nSPS) is 20.8. The van der Waals surface area contributed by atoms with E-state index in [1.807, 2.05) is 6.20 Å². The van der Waals surface area contributed by atoms with Crippen molar-refractivity contribution in [3.63, 3.8) is 0 Å². The molecule has 2 rings (SSSR count). The monoisotopic (exact) mass is 248 g/mol. The smallest absolute Gasteiger partial charge is 0.0544 e. The van der Waals surface area contributed by atoms with Crippen molar-refractivity contribution < 1.29 is 0 Å². The van der Waals surface area contributed by atoms with Crippen LogP contribution in [0.15, 0.2) is 18.3 Å². The molecule has 4 nitrogen and oxygen atoms in total. The lowest BCUT2D eigenvalue weighted by Crippen LogP contribution is -2.37. The summed E-state index contributed by atoms with van der Waals surface area (Å²) in [6.07, 6.45) is 4.50. The molecule has 2 heterocycles. The van der Waals surface area contributed by atoms with Crippen LogP contribution in [0.3, 0.4) is 0 Å². The number of nitrogens with two attached hydrogens (primary N) is 1. The summed E-state index contributed by atoms with van der Waals surface area (Å²) >= 11 is 0. The fourth-order valence-electron chi connectivity index (χ4n) is 2.61. The van der Waals surface area contributed by atoms with E-state index in [1.165, 1.54) is 19.4 Å². The van der Waals surface area contributed by atoms with Gasteiger partial charge in [0.05, 0.1) is 5.69 Å². The molecule has 0 amide bonds. The summed E-state index contributed by atoms with van der Waals surface area (Å²) < 4.78 is 0. The quantitative estimate of drug-likeness (QED) is 0.846. The number of pyridine rings is 1. The lowest BCUT2D eigenvalue weighted by molar-refractivity contribution is 0.199. The van der Waals surface area contributed by atoms with E-state index >= 15 is 0 Å². The van der Waals surface area contributed by atoms with Crippen molar-refractivity contribution in [3.8, 4) is 0 Å². The Bertz CT molecular complexity index is 361. The van der Waals surface area contributed by atoms with E-state index in [2.05, 4.69) is 41.0 Å². The molecule has 0 spiro atoms. The van der Waals surface area contributed by atoms with E-state index in [-0.39, 0.29) is 0 Å². The van der Waals surface area contributed by atoms with E-state index in [0.29, 0.717) is 12.6 Å². The standard InChI is InChI=1S/C14H24N4/c1-17(2)11-14-4-3-7-18(14)10-13-6-5-12(8-15)9-16-13/h5-6,9,14H,3-4,7-8,10-11,15H2,1-2H3. The van der Waals surface area contributed by atoms with E-state index in [9.17, 15) is 0 Å². The van der Waals surface area contributed by atoms with Gasteiger partial charge in [0.15, 0.2) is 0 Å². The van der Waals surface area contributed by atoms with Gasteiger partial charge in [-0.1, -0.05) is 6.07 Å². The second-order valence-electron chi connectivity index (χ2n) is 5.39. The number of hydrogen-bond donors (Lipinski definition) is 1. The highest BCUT2D eigenvalue weighted by Gasteiger charge is 2.24. The first-order chi connectivity index (χ1) is 8.69. The molecular weight excluding hydrogens is 224 g/mol. The summed E-state index contributed by atoms with van der Waals surface area (Å²) in [7, 11) is 4.29. The number of likely N-dealkylation sites (N-methyl/N-ethyl adjacent to an activating group) is 1. The third-order valence-corrected chi connectivity index (χ3v) is 3.56. The number of aromatic nitrogens is 1. The minimum absolute atomic E-state index is 0.570. The highest BCUT2D eigenvalue weighted by molar-refractivity contribution is 5.13. The minimum Gasteiger partial charge on any atom is -0.326 e. The van der Waals surface area contributed by atoms with Gasteiger partial charge in [-0.15, -0.1) is 0 Å². The Morgan fingerprint density at radius 1 is 1.44 bits per heavy atom.